The lowest BCUT2D eigenvalue weighted by Gasteiger charge is -2.10. The molecule has 18 heteroatoms. The van der Waals surface area contributed by atoms with Crippen molar-refractivity contribution >= 4 is 94.2 Å². The SMILES string of the molecule is COc1cc2[nH]c3nc(N)nc(Nc4cnc(NC(=S)Nc5ccc(S(=O)(=O)Nc6ncccn6)cc5)s4)c3c2cc1OC. The molecule has 0 aliphatic heterocycles. The van der Waals surface area contributed by atoms with Crippen molar-refractivity contribution < 1.29 is 17.9 Å². The van der Waals surface area contributed by atoms with Gasteiger partial charge in [0.25, 0.3) is 10.0 Å². The van der Waals surface area contributed by atoms with E-state index >= 15 is 0 Å². The molecule has 0 amide bonds. The second-order valence-electron chi connectivity index (χ2n) is 8.97. The van der Waals surface area contributed by atoms with Gasteiger partial charge in [-0.05, 0) is 48.6 Å². The number of rotatable bonds is 9. The van der Waals surface area contributed by atoms with Crippen molar-refractivity contribution in [3.05, 3.63) is 61.1 Å². The summed E-state index contributed by atoms with van der Waals surface area (Å²) in [5, 5.41) is 12.2. The predicted octanol–water partition coefficient (Wildman–Crippen LogP) is 4.31. The van der Waals surface area contributed by atoms with Gasteiger partial charge >= 0.3 is 0 Å². The maximum absolute atomic E-state index is 12.6. The normalized spacial score (nSPS) is 11.3. The second kappa shape index (κ2) is 11.7. The number of thiazole rings is 1. The summed E-state index contributed by atoms with van der Waals surface area (Å²) in [5.74, 6) is 1.67. The lowest BCUT2D eigenvalue weighted by Crippen LogP contribution is -2.19. The summed E-state index contributed by atoms with van der Waals surface area (Å²) in [6.07, 6.45) is 4.51. The van der Waals surface area contributed by atoms with Gasteiger partial charge in [0.15, 0.2) is 21.7 Å². The Labute approximate surface area is 259 Å². The molecule has 0 bridgehead atoms. The van der Waals surface area contributed by atoms with Gasteiger partial charge in [-0.25, -0.2) is 28.1 Å². The predicted molar refractivity (Wildman–Crippen MR) is 173 cm³/mol. The van der Waals surface area contributed by atoms with Gasteiger partial charge in [0.2, 0.25) is 11.9 Å². The lowest BCUT2D eigenvalue weighted by atomic mass is 10.2. The maximum atomic E-state index is 12.6. The lowest BCUT2D eigenvalue weighted by molar-refractivity contribution is 0.356. The van der Waals surface area contributed by atoms with Crippen molar-refractivity contribution in [3.8, 4) is 11.5 Å². The molecule has 0 saturated carbocycles. The summed E-state index contributed by atoms with van der Waals surface area (Å²) in [5.41, 5.74) is 7.88. The molecule has 6 aromatic rings. The third kappa shape index (κ3) is 5.93. The van der Waals surface area contributed by atoms with Gasteiger partial charge in [0, 0.05) is 29.5 Å². The third-order valence-electron chi connectivity index (χ3n) is 6.15. The first kappa shape index (κ1) is 28.8. The summed E-state index contributed by atoms with van der Waals surface area (Å²) < 4.78 is 38.5. The number of anilines is 6. The second-order valence-corrected chi connectivity index (χ2v) is 12.1. The van der Waals surface area contributed by atoms with E-state index < -0.39 is 10.0 Å². The minimum Gasteiger partial charge on any atom is -0.493 e. The Hall–Kier alpha value is -5.33. The fourth-order valence-electron chi connectivity index (χ4n) is 4.25. The van der Waals surface area contributed by atoms with E-state index in [-0.39, 0.29) is 21.9 Å². The van der Waals surface area contributed by atoms with E-state index in [1.165, 1.54) is 35.9 Å². The Morgan fingerprint density at radius 3 is 2.45 bits per heavy atom. The highest BCUT2D eigenvalue weighted by Gasteiger charge is 2.18. The van der Waals surface area contributed by atoms with E-state index in [0.717, 1.165) is 10.9 Å². The van der Waals surface area contributed by atoms with E-state index in [2.05, 4.69) is 50.6 Å². The number of aromatic amines is 1. The van der Waals surface area contributed by atoms with E-state index in [9.17, 15) is 8.42 Å². The smallest absolute Gasteiger partial charge is 0.264 e. The molecule has 0 aliphatic rings. The number of methoxy groups -OCH3 is 2. The minimum atomic E-state index is -3.86. The molecular formula is C26H23N11O4S3. The summed E-state index contributed by atoms with van der Waals surface area (Å²) in [7, 11) is -0.725. The Kier molecular flexibility index (Phi) is 7.68. The highest BCUT2D eigenvalue weighted by atomic mass is 32.2. The number of sulfonamides is 1. The molecular weight excluding hydrogens is 627 g/mol. The van der Waals surface area contributed by atoms with Crippen LogP contribution in [0.1, 0.15) is 0 Å². The zero-order valence-electron chi connectivity index (χ0n) is 22.9. The van der Waals surface area contributed by atoms with E-state index in [0.29, 0.717) is 44.2 Å². The number of nitrogens with zero attached hydrogens (tertiary/aromatic N) is 5. The van der Waals surface area contributed by atoms with Crippen LogP contribution < -0.4 is 35.9 Å². The molecule has 15 nitrogen and oxygen atoms in total. The largest absolute Gasteiger partial charge is 0.493 e. The van der Waals surface area contributed by atoms with Crippen LogP contribution in [0, 0.1) is 0 Å². The number of aromatic nitrogens is 6. The Bertz CT molecular complexity index is 2100. The van der Waals surface area contributed by atoms with Crippen molar-refractivity contribution in [2.45, 2.75) is 4.90 Å². The summed E-state index contributed by atoms with van der Waals surface area (Å²) in [6.45, 7) is 0. The Morgan fingerprint density at radius 2 is 1.73 bits per heavy atom. The number of benzene rings is 2. The molecule has 0 aliphatic carbocycles. The van der Waals surface area contributed by atoms with Gasteiger partial charge in [0.05, 0.1) is 36.2 Å². The van der Waals surface area contributed by atoms with E-state index in [1.54, 1.807) is 38.6 Å². The average molecular weight is 650 g/mol. The number of thiocarbonyl (C=S) groups is 1. The number of hydrogen-bond acceptors (Lipinski definition) is 13. The highest BCUT2D eigenvalue weighted by Crippen LogP contribution is 2.39. The number of nitrogens with one attached hydrogen (secondary N) is 5. The molecule has 4 heterocycles. The average Bonchev–Trinajstić information content (AvgIpc) is 3.59. The van der Waals surface area contributed by atoms with Crippen LogP contribution in [0.5, 0.6) is 11.5 Å². The monoisotopic (exact) mass is 649 g/mol. The van der Waals surface area contributed by atoms with Gasteiger partial charge in [0.1, 0.15) is 16.5 Å². The van der Waals surface area contributed by atoms with E-state index in [1.807, 2.05) is 12.1 Å². The van der Waals surface area contributed by atoms with Crippen molar-refractivity contribution in [3.63, 3.8) is 0 Å². The minimum absolute atomic E-state index is 0.0210. The number of ether oxygens (including phenoxy) is 2. The highest BCUT2D eigenvalue weighted by molar-refractivity contribution is 7.92. The summed E-state index contributed by atoms with van der Waals surface area (Å²) in [4.78, 5) is 24.2. The fourth-order valence-corrected chi connectivity index (χ4v) is 6.20. The van der Waals surface area contributed by atoms with Gasteiger partial charge in [-0.15, -0.1) is 0 Å². The molecule has 224 valence electrons. The van der Waals surface area contributed by atoms with Gasteiger partial charge in [-0.2, -0.15) is 9.97 Å². The van der Waals surface area contributed by atoms with E-state index in [4.69, 9.17) is 27.4 Å². The quantitative estimate of drug-likeness (QED) is 0.121. The van der Waals surface area contributed by atoms with Crippen LogP contribution in [0.2, 0.25) is 0 Å². The zero-order chi connectivity index (χ0) is 30.8. The molecule has 6 rings (SSSR count). The van der Waals surface area contributed by atoms with Crippen LogP contribution in [0.4, 0.5) is 33.5 Å². The van der Waals surface area contributed by atoms with Crippen LogP contribution in [0.25, 0.3) is 21.9 Å². The first-order chi connectivity index (χ1) is 21.2. The van der Waals surface area contributed by atoms with Crippen LogP contribution in [-0.2, 0) is 10.0 Å². The van der Waals surface area contributed by atoms with Crippen molar-refractivity contribution in [1.29, 1.82) is 0 Å². The van der Waals surface area contributed by atoms with Crippen LogP contribution in [0.15, 0.2) is 66.0 Å². The Balaban J connectivity index is 1.15. The number of hydrogen-bond donors (Lipinski definition) is 6. The fraction of sp³-hybridized carbons (Fsp3) is 0.0769. The molecule has 0 saturated heterocycles. The maximum Gasteiger partial charge on any atom is 0.264 e. The van der Waals surface area contributed by atoms with Gasteiger partial charge in [-0.1, -0.05) is 11.3 Å². The van der Waals surface area contributed by atoms with Crippen LogP contribution >= 0.6 is 23.6 Å². The summed E-state index contributed by atoms with van der Waals surface area (Å²) in [6, 6.07) is 11.3. The number of nitrogen functional groups attached to an aromatic ring is 1. The van der Waals surface area contributed by atoms with Gasteiger partial charge < -0.3 is 36.1 Å². The number of H-pyrrole nitrogens is 1. The summed E-state index contributed by atoms with van der Waals surface area (Å²) >= 11 is 6.72. The molecule has 0 radical (unpaired) electrons. The molecule has 0 fully saturated rings. The molecule has 0 spiro atoms. The molecule has 0 unspecified atom stereocenters. The molecule has 2 aromatic carbocycles. The first-order valence-electron chi connectivity index (χ1n) is 12.6. The molecule has 4 aromatic heterocycles. The molecule has 44 heavy (non-hydrogen) atoms. The standard InChI is InChI=1S/C26H23N11O4S3/c1-40-17-10-15-16(11-18(17)41-2)32-21-20(15)22(35-23(27)34-21)33-19-12-30-26(43-19)36-25(42)31-13-4-6-14(7-5-13)44(38,39)37-24-28-8-3-9-29-24/h3-12H,1-2H3,(H,28,29,37)(H2,30,31,36,42)(H4,27,32,33,34,35). The van der Waals surface area contributed by atoms with Crippen LogP contribution in [0.3, 0.4) is 0 Å². The van der Waals surface area contributed by atoms with Gasteiger partial charge in [-0.3, -0.25) is 0 Å². The number of nitrogens with two attached hydrogens (primary N) is 1. The molecule has 0 atom stereocenters. The third-order valence-corrected chi connectivity index (χ3v) is 8.53. The van der Waals surface area contributed by atoms with Crippen molar-refractivity contribution in [2.75, 3.05) is 40.6 Å². The van der Waals surface area contributed by atoms with Crippen molar-refractivity contribution in [1.82, 2.24) is 29.9 Å². The first-order valence-corrected chi connectivity index (χ1v) is 15.3. The van der Waals surface area contributed by atoms with Crippen molar-refractivity contribution in [2.24, 2.45) is 0 Å². The zero-order valence-corrected chi connectivity index (χ0v) is 25.4. The number of fused-ring (bicyclic) bond motifs is 3. The Morgan fingerprint density at radius 1 is 1.00 bits per heavy atom. The van der Waals surface area contributed by atoms with Crippen LogP contribution in [-0.4, -0.2) is 57.7 Å². The molecule has 7 N–H and O–H groups in total. The topological polar surface area (TPSA) is 207 Å².